The maximum absolute atomic E-state index is 13.3. The Morgan fingerprint density at radius 3 is 1.26 bits per heavy atom. The van der Waals surface area contributed by atoms with Gasteiger partial charge in [0.2, 0.25) is 9.84 Å². The smallest absolute Gasteiger partial charge is 0.206 e. The fraction of sp³-hybridized carbons (Fsp3) is 0. The van der Waals surface area contributed by atoms with Crippen molar-refractivity contribution in [3.63, 3.8) is 0 Å². The number of hydrogen-bond acceptors (Lipinski definition) is 4. The van der Waals surface area contributed by atoms with Gasteiger partial charge < -0.3 is 0 Å². The van der Waals surface area contributed by atoms with E-state index in [2.05, 4.69) is 9.98 Å². The Labute approximate surface area is 223 Å². The van der Waals surface area contributed by atoms with Gasteiger partial charge in [-0.2, -0.15) is 0 Å². The molecule has 0 radical (unpaired) electrons. The van der Waals surface area contributed by atoms with E-state index in [1.807, 2.05) is 0 Å². The summed E-state index contributed by atoms with van der Waals surface area (Å²) in [6.45, 7) is 0. The zero-order valence-electron chi connectivity index (χ0n) is 17.9. The quantitative estimate of drug-likeness (QED) is 0.221. The zero-order valence-corrected chi connectivity index (χ0v) is 21.7. The summed E-state index contributed by atoms with van der Waals surface area (Å²) in [5.41, 5.74) is 1.97. The molecule has 9 heteroatoms. The lowest BCUT2D eigenvalue weighted by Crippen LogP contribution is -2.01. The number of benzene rings is 4. The van der Waals surface area contributed by atoms with Crippen LogP contribution in [0.1, 0.15) is 11.1 Å². The maximum atomic E-state index is 13.3. The highest BCUT2D eigenvalue weighted by Gasteiger charge is 2.18. The fourth-order valence-corrected chi connectivity index (χ4v) is 5.47. The van der Waals surface area contributed by atoms with Crippen molar-refractivity contribution in [2.24, 2.45) is 9.98 Å². The van der Waals surface area contributed by atoms with Crippen LogP contribution in [0.25, 0.3) is 0 Å². The molecule has 0 aliphatic rings. The summed E-state index contributed by atoms with van der Waals surface area (Å²) < 4.78 is 26.6. The molecule has 0 heterocycles. The van der Waals surface area contributed by atoms with E-state index in [0.29, 0.717) is 42.6 Å². The molecular formula is C26H16Cl4N2O2S. The first-order valence-corrected chi connectivity index (χ1v) is 13.2. The van der Waals surface area contributed by atoms with Crippen molar-refractivity contribution < 1.29 is 8.42 Å². The molecule has 0 fully saturated rings. The van der Waals surface area contributed by atoms with Gasteiger partial charge in [-0.3, -0.25) is 9.98 Å². The summed E-state index contributed by atoms with van der Waals surface area (Å²) in [4.78, 5) is 8.89. The van der Waals surface area contributed by atoms with E-state index in [4.69, 9.17) is 46.4 Å². The first-order valence-electron chi connectivity index (χ1n) is 10.2. The summed E-state index contributed by atoms with van der Waals surface area (Å²) in [5, 5.41) is 1.78. The molecule has 4 aromatic rings. The van der Waals surface area contributed by atoms with Crippen LogP contribution in [0, 0.1) is 0 Å². The monoisotopic (exact) mass is 560 g/mol. The number of hydrogen-bond donors (Lipinski definition) is 0. The van der Waals surface area contributed by atoms with E-state index in [-0.39, 0.29) is 9.79 Å². The molecule has 0 bridgehead atoms. The van der Waals surface area contributed by atoms with Crippen LogP contribution < -0.4 is 0 Å². The SMILES string of the molecule is O=S(=O)(c1cccc(N=Cc2c(Cl)cccc2Cl)c1)c1cccc(N=Cc2c(Cl)cccc2Cl)c1. The minimum atomic E-state index is -3.83. The Morgan fingerprint density at radius 1 is 0.543 bits per heavy atom. The Bertz CT molecular complexity index is 1420. The molecule has 0 amide bonds. The van der Waals surface area contributed by atoms with Gasteiger partial charge in [0.15, 0.2) is 0 Å². The van der Waals surface area contributed by atoms with Gasteiger partial charge in [-0.25, -0.2) is 8.42 Å². The lowest BCUT2D eigenvalue weighted by Gasteiger charge is -2.07. The summed E-state index contributed by atoms with van der Waals surface area (Å²) >= 11 is 24.7. The van der Waals surface area contributed by atoms with Crippen molar-refractivity contribution in [2.75, 3.05) is 0 Å². The second kappa shape index (κ2) is 10.9. The molecule has 0 spiro atoms. The maximum Gasteiger partial charge on any atom is 0.206 e. The van der Waals surface area contributed by atoms with Crippen LogP contribution in [0.15, 0.2) is 105 Å². The van der Waals surface area contributed by atoms with Crippen molar-refractivity contribution >= 4 is 80.0 Å². The van der Waals surface area contributed by atoms with Gasteiger partial charge in [-0.1, -0.05) is 70.7 Å². The topological polar surface area (TPSA) is 58.9 Å². The third kappa shape index (κ3) is 5.95. The molecule has 0 saturated carbocycles. The molecule has 4 nitrogen and oxygen atoms in total. The average Bonchev–Trinajstić information content (AvgIpc) is 2.84. The van der Waals surface area contributed by atoms with Crippen molar-refractivity contribution in [3.8, 4) is 0 Å². The van der Waals surface area contributed by atoms with E-state index in [1.54, 1.807) is 60.7 Å². The first-order chi connectivity index (χ1) is 16.8. The third-order valence-corrected chi connectivity index (χ3v) is 8.01. The van der Waals surface area contributed by atoms with Crippen LogP contribution >= 0.6 is 46.4 Å². The number of halogens is 4. The van der Waals surface area contributed by atoms with Gasteiger partial charge in [0.25, 0.3) is 0 Å². The van der Waals surface area contributed by atoms with Crippen LogP contribution in [-0.2, 0) is 9.84 Å². The van der Waals surface area contributed by atoms with Crippen LogP contribution in [0.2, 0.25) is 20.1 Å². The van der Waals surface area contributed by atoms with Crippen LogP contribution in [0.4, 0.5) is 11.4 Å². The summed E-state index contributed by atoms with van der Waals surface area (Å²) in [7, 11) is -3.83. The summed E-state index contributed by atoms with van der Waals surface area (Å²) in [6.07, 6.45) is 3.01. The van der Waals surface area contributed by atoms with Crippen LogP contribution in [0.5, 0.6) is 0 Å². The molecule has 4 rings (SSSR count). The van der Waals surface area contributed by atoms with Gasteiger partial charge in [-0.15, -0.1) is 0 Å². The largest absolute Gasteiger partial charge is 0.256 e. The van der Waals surface area contributed by atoms with Gasteiger partial charge >= 0.3 is 0 Å². The highest BCUT2D eigenvalue weighted by Crippen LogP contribution is 2.29. The Hall–Kier alpha value is -2.67. The Balaban J connectivity index is 1.63. The predicted octanol–water partition coefficient (Wildman–Crippen LogP) is 8.63. The van der Waals surface area contributed by atoms with Crippen LogP contribution in [-0.4, -0.2) is 20.8 Å². The van der Waals surface area contributed by atoms with Gasteiger partial charge in [0.1, 0.15) is 0 Å². The van der Waals surface area contributed by atoms with Gasteiger partial charge in [-0.05, 0) is 60.7 Å². The van der Waals surface area contributed by atoms with Crippen molar-refractivity contribution in [3.05, 3.63) is 116 Å². The van der Waals surface area contributed by atoms with Crippen LogP contribution in [0.3, 0.4) is 0 Å². The molecule has 0 aromatic heterocycles. The number of rotatable bonds is 6. The highest BCUT2D eigenvalue weighted by molar-refractivity contribution is 7.91. The molecule has 0 unspecified atom stereocenters. The highest BCUT2D eigenvalue weighted by atomic mass is 35.5. The molecule has 0 aliphatic heterocycles. The molecule has 0 N–H and O–H groups in total. The van der Waals surface area contributed by atoms with Crippen molar-refractivity contribution in [1.29, 1.82) is 0 Å². The van der Waals surface area contributed by atoms with Gasteiger partial charge in [0, 0.05) is 23.6 Å². The van der Waals surface area contributed by atoms with Gasteiger partial charge in [0.05, 0.1) is 41.3 Å². The Kier molecular flexibility index (Phi) is 7.95. The minimum absolute atomic E-state index is 0.0904. The molecule has 0 atom stereocenters. The summed E-state index contributed by atoms with van der Waals surface area (Å²) in [5.74, 6) is 0. The standard InChI is InChI=1S/C26H16Cl4N2O2S/c27-23-9-3-10-24(28)21(23)15-31-17-5-1-7-19(13-17)35(33,34)20-8-2-6-18(14-20)32-16-22-25(29)11-4-12-26(22)30/h1-16H. The third-order valence-electron chi connectivity index (χ3n) is 4.94. The Morgan fingerprint density at radius 2 is 0.886 bits per heavy atom. The second-order valence-electron chi connectivity index (χ2n) is 7.29. The molecule has 176 valence electrons. The summed E-state index contributed by atoms with van der Waals surface area (Å²) in [6, 6.07) is 22.9. The molecule has 4 aromatic carbocycles. The number of aliphatic imine (C=N–C) groups is 2. The van der Waals surface area contributed by atoms with Crippen molar-refractivity contribution in [2.45, 2.75) is 9.79 Å². The van der Waals surface area contributed by atoms with E-state index < -0.39 is 9.84 Å². The number of nitrogens with zero attached hydrogens (tertiary/aromatic N) is 2. The zero-order chi connectivity index (χ0) is 25.0. The second-order valence-corrected chi connectivity index (χ2v) is 10.9. The van der Waals surface area contributed by atoms with E-state index >= 15 is 0 Å². The van der Waals surface area contributed by atoms with E-state index in [0.717, 1.165) is 0 Å². The molecular weight excluding hydrogens is 546 g/mol. The number of sulfone groups is 1. The normalized spacial score (nSPS) is 12.0. The lowest BCUT2D eigenvalue weighted by molar-refractivity contribution is 0.596. The molecule has 0 saturated heterocycles. The van der Waals surface area contributed by atoms with E-state index in [9.17, 15) is 8.42 Å². The minimum Gasteiger partial charge on any atom is -0.256 e. The average molecular weight is 562 g/mol. The fourth-order valence-electron chi connectivity index (χ4n) is 3.14. The predicted molar refractivity (Wildman–Crippen MR) is 146 cm³/mol. The molecule has 0 aliphatic carbocycles. The van der Waals surface area contributed by atoms with Crippen molar-refractivity contribution in [1.82, 2.24) is 0 Å². The van der Waals surface area contributed by atoms with E-state index in [1.165, 1.54) is 36.7 Å². The first kappa shape index (κ1) is 25.4. The lowest BCUT2D eigenvalue weighted by atomic mass is 10.2. The molecule has 35 heavy (non-hydrogen) atoms.